The van der Waals surface area contributed by atoms with Crippen LogP contribution in [0.25, 0.3) is 11.0 Å². The number of nitrogens with zero attached hydrogens (tertiary/aromatic N) is 2. The van der Waals surface area contributed by atoms with E-state index in [0.717, 1.165) is 46.8 Å². The Hall–Kier alpha value is -2.60. The summed E-state index contributed by atoms with van der Waals surface area (Å²) in [6, 6.07) is 15.9. The van der Waals surface area contributed by atoms with Gasteiger partial charge in [-0.15, -0.1) is 0 Å². The number of hydrogen-bond acceptors (Lipinski definition) is 5. The lowest BCUT2D eigenvalue weighted by molar-refractivity contribution is 0.0716. The number of anilines is 1. The molecule has 1 aliphatic heterocycles. The molecule has 1 aromatic heterocycles. The highest BCUT2D eigenvalue weighted by atomic mass is 32.2. The van der Waals surface area contributed by atoms with Crippen molar-refractivity contribution in [3.05, 3.63) is 59.9 Å². The van der Waals surface area contributed by atoms with Gasteiger partial charge in [0.05, 0.1) is 12.8 Å². The van der Waals surface area contributed by atoms with Crippen LogP contribution in [0.3, 0.4) is 0 Å². The molecule has 0 aliphatic carbocycles. The number of piperazine rings is 1. The fourth-order valence-electron chi connectivity index (χ4n) is 3.74. The van der Waals surface area contributed by atoms with Gasteiger partial charge in [0.1, 0.15) is 11.3 Å². The van der Waals surface area contributed by atoms with Crippen LogP contribution in [0.15, 0.2) is 52.9 Å². The van der Waals surface area contributed by atoms with E-state index in [-0.39, 0.29) is 5.91 Å². The Morgan fingerprint density at radius 3 is 2.54 bits per heavy atom. The summed E-state index contributed by atoms with van der Waals surface area (Å²) in [6.45, 7) is 2.85. The number of carbonyl (C=O) groups excluding carboxylic acids is 1. The number of furan rings is 1. The van der Waals surface area contributed by atoms with Crippen molar-refractivity contribution in [1.29, 1.82) is 0 Å². The van der Waals surface area contributed by atoms with E-state index in [9.17, 15) is 4.79 Å². The number of rotatable bonds is 5. The van der Waals surface area contributed by atoms with Crippen molar-refractivity contribution in [3.63, 3.8) is 0 Å². The second-order valence-corrected chi connectivity index (χ2v) is 7.66. The molecule has 0 radical (unpaired) electrons. The Balaban J connectivity index is 1.53. The molecule has 1 fully saturated rings. The molecule has 1 saturated heterocycles. The summed E-state index contributed by atoms with van der Waals surface area (Å²) in [5.74, 6) is 2.10. The van der Waals surface area contributed by atoms with Gasteiger partial charge in [-0.25, -0.2) is 0 Å². The first-order valence-electron chi connectivity index (χ1n) is 9.39. The van der Waals surface area contributed by atoms with Gasteiger partial charge in [0.2, 0.25) is 0 Å². The Morgan fingerprint density at radius 2 is 1.79 bits per heavy atom. The third-order valence-electron chi connectivity index (χ3n) is 5.17. The van der Waals surface area contributed by atoms with E-state index in [4.69, 9.17) is 9.15 Å². The fraction of sp³-hybridized carbons (Fsp3) is 0.318. The van der Waals surface area contributed by atoms with Crippen LogP contribution in [-0.4, -0.2) is 50.4 Å². The molecule has 0 N–H and O–H groups in total. The number of amides is 1. The SMILES string of the molecule is COc1ccccc1N1CCN(C(=O)c2oc3ccccc3c2CSC)CC1. The predicted octanol–water partition coefficient (Wildman–Crippen LogP) is 4.27. The van der Waals surface area contributed by atoms with Crippen molar-refractivity contribution >= 4 is 34.3 Å². The fourth-order valence-corrected chi connectivity index (χ4v) is 4.32. The molecule has 1 aliphatic rings. The lowest BCUT2D eigenvalue weighted by atomic mass is 10.1. The standard InChI is InChI=1S/C22H24N2O3S/c1-26-20-10-6-4-8-18(20)23-11-13-24(14-12-23)22(25)21-17(15-28-2)16-7-3-5-9-19(16)27-21/h3-10H,11-15H2,1-2H3. The number of methoxy groups -OCH3 is 1. The Bertz CT molecular complexity index is 977. The van der Waals surface area contributed by atoms with E-state index in [1.54, 1.807) is 18.9 Å². The minimum Gasteiger partial charge on any atom is -0.495 e. The van der Waals surface area contributed by atoms with Gasteiger partial charge in [0.25, 0.3) is 5.91 Å². The molecule has 146 valence electrons. The normalized spacial score (nSPS) is 14.5. The van der Waals surface area contributed by atoms with E-state index in [1.165, 1.54) is 0 Å². The van der Waals surface area contributed by atoms with Gasteiger partial charge in [-0.2, -0.15) is 11.8 Å². The third kappa shape index (κ3) is 3.44. The molecule has 1 amide bonds. The minimum absolute atomic E-state index is 0.0140. The summed E-state index contributed by atoms with van der Waals surface area (Å²) in [7, 11) is 1.69. The van der Waals surface area contributed by atoms with Crippen LogP contribution in [0, 0.1) is 0 Å². The minimum atomic E-state index is -0.0140. The van der Waals surface area contributed by atoms with Crippen LogP contribution in [0.4, 0.5) is 5.69 Å². The molecule has 0 spiro atoms. The highest BCUT2D eigenvalue weighted by Gasteiger charge is 2.28. The van der Waals surface area contributed by atoms with Crippen molar-refractivity contribution in [3.8, 4) is 5.75 Å². The van der Waals surface area contributed by atoms with Gasteiger partial charge in [-0.1, -0.05) is 30.3 Å². The van der Waals surface area contributed by atoms with E-state index in [1.807, 2.05) is 53.6 Å². The van der Waals surface area contributed by atoms with Crippen LogP contribution in [-0.2, 0) is 5.75 Å². The van der Waals surface area contributed by atoms with Crippen molar-refractivity contribution < 1.29 is 13.9 Å². The van der Waals surface area contributed by atoms with Crippen LogP contribution >= 0.6 is 11.8 Å². The highest BCUT2D eigenvalue weighted by molar-refractivity contribution is 7.97. The summed E-state index contributed by atoms with van der Waals surface area (Å²) in [4.78, 5) is 17.4. The third-order valence-corrected chi connectivity index (χ3v) is 5.75. The number of benzene rings is 2. The zero-order valence-electron chi connectivity index (χ0n) is 16.2. The number of hydrogen-bond donors (Lipinski definition) is 0. The van der Waals surface area contributed by atoms with E-state index in [2.05, 4.69) is 11.0 Å². The van der Waals surface area contributed by atoms with Crippen LogP contribution < -0.4 is 9.64 Å². The summed E-state index contributed by atoms with van der Waals surface area (Å²) >= 11 is 1.70. The number of para-hydroxylation sites is 3. The number of carbonyl (C=O) groups is 1. The maximum Gasteiger partial charge on any atom is 0.290 e. The molecular formula is C22H24N2O3S. The van der Waals surface area contributed by atoms with Crippen LogP contribution in [0.1, 0.15) is 16.1 Å². The largest absolute Gasteiger partial charge is 0.495 e. The number of fused-ring (bicyclic) bond motifs is 1. The lowest BCUT2D eigenvalue weighted by Crippen LogP contribution is -2.49. The quantitative estimate of drug-likeness (QED) is 0.645. The maximum atomic E-state index is 13.2. The van der Waals surface area contributed by atoms with Crippen LogP contribution in [0.2, 0.25) is 0 Å². The van der Waals surface area contributed by atoms with Gasteiger partial charge in [0, 0.05) is 42.9 Å². The topological polar surface area (TPSA) is 45.9 Å². The first-order valence-corrected chi connectivity index (χ1v) is 10.8. The Morgan fingerprint density at radius 1 is 1.07 bits per heavy atom. The lowest BCUT2D eigenvalue weighted by Gasteiger charge is -2.36. The Labute approximate surface area is 169 Å². The van der Waals surface area contributed by atoms with Crippen LogP contribution in [0.5, 0.6) is 5.75 Å². The zero-order valence-corrected chi connectivity index (χ0v) is 17.0. The molecule has 0 atom stereocenters. The van der Waals surface area contributed by atoms with Gasteiger partial charge in [-0.3, -0.25) is 4.79 Å². The maximum absolute atomic E-state index is 13.2. The zero-order chi connectivity index (χ0) is 19.5. The first kappa shape index (κ1) is 18.7. The highest BCUT2D eigenvalue weighted by Crippen LogP contribution is 2.31. The van der Waals surface area contributed by atoms with Crippen molar-refractivity contribution in [2.24, 2.45) is 0 Å². The molecule has 0 saturated carbocycles. The predicted molar refractivity (Wildman–Crippen MR) is 115 cm³/mol. The van der Waals surface area contributed by atoms with Gasteiger partial charge in [-0.05, 0) is 24.5 Å². The number of ether oxygens (including phenoxy) is 1. The van der Waals surface area contributed by atoms with Crippen molar-refractivity contribution in [1.82, 2.24) is 4.90 Å². The van der Waals surface area contributed by atoms with Gasteiger partial charge >= 0.3 is 0 Å². The molecule has 6 heteroatoms. The molecular weight excluding hydrogens is 372 g/mol. The summed E-state index contributed by atoms with van der Waals surface area (Å²) in [6.07, 6.45) is 2.04. The number of thioether (sulfide) groups is 1. The van der Waals surface area contributed by atoms with Crippen molar-refractivity contribution in [2.75, 3.05) is 44.4 Å². The summed E-state index contributed by atoms with van der Waals surface area (Å²) < 4.78 is 11.5. The van der Waals surface area contributed by atoms with E-state index < -0.39 is 0 Å². The average molecular weight is 397 g/mol. The molecule has 2 heterocycles. The average Bonchev–Trinajstić information content (AvgIpc) is 3.12. The molecule has 4 rings (SSSR count). The molecule has 0 bridgehead atoms. The van der Waals surface area contributed by atoms with E-state index >= 15 is 0 Å². The van der Waals surface area contributed by atoms with E-state index in [0.29, 0.717) is 18.8 Å². The second-order valence-electron chi connectivity index (χ2n) is 6.79. The van der Waals surface area contributed by atoms with Gasteiger partial charge < -0.3 is 19.0 Å². The Kier molecular flexibility index (Phi) is 5.48. The molecule has 3 aromatic rings. The smallest absolute Gasteiger partial charge is 0.290 e. The first-order chi connectivity index (χ1) is 13.7. The second kappa shape index (κ2) is 8.19. The molecule has 5 nitrogen and oxygen atoms in total. The summed E-state index contributed by atoms with van der Waals surface area (Å²) in [5, 5.41) is 1.04. The van der Waals surface area contributed by atoms with Gasteiger partial charge in [0.15, 0.2) is 5.76 Å². The summed E-state index contributed by atoms with van der Waals surface area (Å²) in [5.41, 5.74) is 2.85. The molecule has 0 unspecified atom stereocenters. The molecule has 28 heavy (non-hydrogen) atoms. The van der Waals surface area contributed by atoms with Crippen molar-refractivity contribution in [2.45, 2.75) is 5.75 Å². The monoisotopic (exact) mass is 396 g/mol. The molecule has 2 aromatic carbocycles.